The first-order valence-corrected chi connectivity index (χ1v) is 7.94. The standard InChI is InChI=1S/C19H19NO4/c1-13(16(21)12-11-14-7-3-2-4-8-14)18(22)20-15-9-5-6-10-17(15)24-19(20)23/h2-10,13,16,21H,11-12H2,1H3/t13-,16+/m1/s1. The molecule has 0 saturated heterocycles. The number of fused-ring (bicyclic) bond motifs is 1. The second-order valence-corrected chi connectivity index (χ2v) is 5.89. The fourth-order valence-corrected chi connectivity index (χ4v) is 2.75. The van der Waals surface area contributed by atoms with Crippen LogP contribution in [0.5, 0.6) is 0 Å². The van der Waals surface area contributed by atoms with Gasteiger partial charge in [0.1, 0.15) is 0 Å². The third-order valence-corrected chi connectivity index (χ3v) is 4.24. The van der Waals surface area contributed by atoms with E-state index in [-0.39, 0.29) is 0 Å². The van der Waals surface area contributed by atoms with Crippen molar-refractivity contribution in [3.63, 3.8) is 0 Å². The maximum absolute atomic E-state index is 12.6. The van der Waals surface area contributed by atoms with Crippen LogP contribution in [-0.2, 0) is 6.42 Å². The summed E-state index contributed by atoms with van der Waals surface area (Å²) in [6, 6.07) is 16.5. The zero-order valence-corrected chi connectivity index (χ0v) is 13.4. The topological polar surface area (TPSA) is 72.4 Å². The van der Waals surface area contributed by atoms with Crippen molar-refractivity contribution in [1.29, 1.82) is 0 Å². The highest BCUT2D eigenvalue weighted by molar-refractivity contribution is 5.90. The van der Waals surface area contributed by atoms with Crippen LogP contribution in [0.2, 0.25) is 0 Å². The van der Waals surface area contributed by atoms with E-state index in [1.54, 1.807) is 31.2 Å². The number of oxazole rings is 1. The molecular formula is C19H19NO4. The van der Waals surface area contributed by atoms with E-state index in [4.69, 9.17) is 4.42 Å². The predicted octanol–water partition coefficient (Wildman–Crippen LogP) is 2.86. The van der Waals surface area contributed by atoms with Gasteiger partial charge in [-0.15, -0.1) is 0 Å². The normalized spacial score (nSPS) is 13.8. The SMILES string of the molecule is C[C@@H](C(=O)n1c(=O)oc2ccccc21)[C@@H](O)CCc1ccccc1. The number of aliphatic hydroxyl groups excluding tert-OH is 1. The average Bonchev–Trinajstić information content (AvgIpc) is 2.95. The minimum Gasteiger partial charge on any atom is -0.407 e. The number of aryl methyl sites for hydroxylation is 1. The molecule has 5 nitrogen and oxygen atoms in total. The summed E-state index contributed by atoms with van der Waals surface area (Å²) in [5, 5.41) is 10.3. The van der Waals surface area contributed by atoms with Gasteiger partial charge >= 0.3 is 5.76 Å². The van der Waals surface area contributed by atoms with Gasteiger partial charge in [-0.3, -0.25) is 4.79 Å². The van der Waals surface area contributed by atoms with Gasteiger partial charge in [0.2, 0.25) is 5.91 Å². The summed E-state index contributed by atoms with van der Waals surface area (Å²) >= 11 is 0. The Balaban J connectivity index is 1.76. The highest BCUT2D eigenvalue weighted by Crippen LogP contribution is 2.17. The van der Waals surface area contributed by atoms with E-state index in [0.717, 1.165) is 10.1 Å². The maximum Gasteiger partial charge on any atom is 0.426 e. The highest BCUT2D eigenvalue weighted by Gasteiger charge is 2.26. The third-order valence-electron chi connectivity index (χ3n) is 4.24. The first-order valence-electron chi connectivity index (χ1n) is 7.94. The van der Waals surface area contributed by atoms with Gasteiger partial charge in [-0.05, 0) is 30.5 Å². The first-order chi connectivity index (χ1) is 11.6. The number of para-hydroxylation sites is 2. The number of aromatic nitrogens is 1. The van der Waals surface area contributed by atoms with Gasteiger partial charge in [0.25, 0.3) is 0 Å². The van der Waals surface area contributed by atoms with E-state index >= 15 is 0 Å². The Morgan fingerprint density at radius 3 is 2.54 bits per heavy atom. The van der Waals surface area contributed by atoms with Crippen molar-refractivity contribution in [2.45, 2.75) is 25.9 Å². The van der Waals surface area contributed by atoms with Gasteiger partial charge in [-0.1, -0.05) is 49.4 Å². The zero-order valence-electron chi connectivity index (χ0n) is 13.4. The molecule has 0 bridgehead atoms. The van der Waals surface area contributed by atoms with Crippen molar-refractivity contribution in [2.24, 2.45) is 5.92 Å². The van der Waals surface area contributed by atoms with Gasteiger partial charge in [-0.2, -0.15) is 0 Å². The second-order valence-electron chi connectivity index (χ2n) is 5.89. The Bertz CT molecular complexity index is 894. The molecule has 5 heteroatoms. The Hall–Kier alpha value is -2.66. The lowest BCUT2D eigenvalue weighted by Gasteiger charge is -2.17. The number of benzene rings is 2. The molecule has 0 saturated carbocycles. The number of hydrogen-bond donors (Lipinski definition) is 1. The molecule has 2 aromatic carbocycles. The summed E-state index contributed by atoms with van der Waals surface area (Å²) in [6.07, 6.45) is 0.278. The largest absolute Gasteiger partial charge is 0.426 e. The Kier molecular flexibility index (Phi) is 4.62. The van der Waals surface area contributed by atoms with E-state index in [1.807, 2.05) is 30.3 Å². The van der Waals surface area contributed by atoms with Crippen LogP contribution < -0.4 is 5.76 Å². The Labute approximate surface area is 139 Å². The van der Waals surface area contributed by atoms with Crippen LogP contribution in [0.25, 0.3) is 11.1 Å². The molecule has 0 radical (unpaired) electrons. The van der Waals surface area contributed by atoms with E-state index in [9.17, 15) is 14.7 Å². The monoisotopic (exact) mass is 325 g/mol. The number of nitrogens with zero attached hydrogens (tertiary/aromatic N) is 1. The molecular weight excluding hydrogens is 306 g/mol. The summed E-state index contributed by atoms with van der Waals surface area (Å²) in [6.45, 7) is 1.63. The van der Waals surface area contributed by atoms with Gasteiger partial charge in [0.05, 0.1) is 17.5 Å². The summed E-state index contributed by atoms with van der Waals surface area (Å²) in [7, 11) is 0. The molecule has 0 amide bonds. The molecule has 0 aliphatic carbocycles. The van der Waals surface area contributed by atoms with Crippen molar-refractivity contribution < 1.29 is 14.3 Å². The van der Waals surface area contributed by atoms with E-state index < -0.39 is 23.7 Å². The third kappa shape index (κ3) is 3.16. The van der Waals surface area contributed by atoms with E-state index in [2.05, 4.69) is 0 Å². The van der Waals surface area contributed by atoms with Crippen molar-refractivity contribution in [1.82, 2.24) is 4.57 Å². The number of carbonyl (C=O) groups excluding carboxylic acids is 1. The molecule has 0 unspecified atom stereocenters. The summed E-state index contributed by atoms with van der Waals surface area (Å²) in [5.41, 5.74) is 1.89. The molecule has 24 heavy (non-hydrogen) atoms. The fraction of sp³-hybridized carbons (Fsp3) is 0.263. The van der Waals surface area contributed by atoms with Gasteiger partial charge in [0.15, 0.2) is 5.58 Å². The predicted molar refractivity (Wildman–Crippen MR) is 91.0 cm³/mol. The molecule has 2 atom stereocenters. The van der Waals surface area contributed by atoms with Crippen molar-refractivity contribution >= 4 is 17.0 Å². The second kappa shape index (κ2) is 6.84. The summed E-state index contributed by atoms with van der Waals surface area (Å²) in [5.74, 6) is -1.87. The molecule has 1 aromatic heterocycles. The van der Waals surface area contributed by atoms with Crippen LogP contribution in [0.15, 0.2) is 63.8 Å². The molecule has 0 aliphatic heterocycles. The maximum atomic E-state index is 12.6. The van der Waals surface area contributed by atoms with Crippen molar-refractivity contribution in [2.75, 3.05) is 0 Å². The Morgan fingerprint density at radius 1 is 1.12 bits per heavy atom. The number of aliphatic hydroxyl groups is 1. The quantitative estimate of drug-likeness (QED) is 0.783. The molecule has 0 fully saturated rings. The Morgan fingerprint density at radius 2 is 1.79 bits per heavy atom. The smallest absolute Gasteiger partial charge is 0.407 e. The summed E-state index contributed by atoms with van der Waals surface area (Å²) in [4.78, 5) is 24.6. The van der Waals surface area contributed by atoms with Gasteiger partial charge in [0, 0.05) is 0 Å². The molecule has 3 aromatic rings. The number of rotatable bonds is 5. The van der Waals surface area contributed by atoms with Crippen LogP contribution >= 0.6 is 0 Å². The molecule has 124 valence electrons. The van der Waals surface area contributed by atoms with Gasteiger partial charge < -0.3 is 9.52 Å². The molecule has 0 spiro atoms. The van der Waals surface area contributed by atoms with Crippen LogP contribution in [0, 0.1) is 5.92 Å². The van der Waals surface area contributed by atoms with Crippen molar-refractivity contribution in [3.8, 4) is 0 Å². The van der Waals surface area contributed by atoms with Crippen LogP contribution in [0.1, 0.15) is 23.7 Å². The first kappa shape index (κ1) is 16.2. The molecule has 1 heterocycles. The minimum absolute atomic E-state index is 0.363. The van der Waals surface area contributed by atoms with Crippen LogP contribution in [-0.4, -0.2) is 21.7 Å². The summed E-state index contributed by atoms with van der Waals surface area (Å²) < 4.78 is 6.09. The molecule has 3 rings (SSSR count). The van der Waals surface area contributed by atoms with Crippen LogP contribution in [0.4, 0.5) is 0 Å². The zero-order chi connectivity index (χ0) is 17.1. The lowest BCUT2D eigenvalue weighted by atomic mass is 9.97. The fourth-order valence-electron chi connectivity index (χ4n) is 2.75. The van der Waals surface area contributed by atoms with Crippen LogP contribution in [0.3, 0.4) is 0 Å². The lowest BCUT2D eigenvalue weighted by molar-refractivity contribution is 0.0607. The molecule has 1 N–H and O–H groups in total. The minimum atomic E-state index is -0.835. The van der Waals surface area contributed by atoms with E-state index in [1.165, 1.54) is 0 Å². The number of hydrogen-bond acceptors (Lipinski definition) is 4. The highest BCUT2D eigenvalue weighted by atomic mass is 16.4. The van der Waals surface area contributed by atoms with E-state index in [0.29, 0.717) is 23.9 Å². The lowest BCUT2D eigenvalue weighted by Crippen LogP contribution is -2.34. The van der Waals surface area contributed by atoms with Crippen molar-refractivity contribution in [3.05, 3.63) is 70.7 Å². The molecule has 0 aliphatic rings. The average molecular weight is 325 g/mol. The van der Waals surface area contributed by atoms with Gasteiger partial charge in [-0.25, -0.2) is 9.36 Å². The number of carbonyl (C=O) groups is 1.